The number of benzene rings is 1. The highest BCUT2D eigenvalue weighted by atomic mass is 35.5. The first kappa shape index (κ1) is 19.0. The summed E-state index contributed by atoms with van der Waals surface area (Å²) in [5.41, 5.74) is -0.559. The fraction of sp³-hybridized carbons (Fsp3) is 0.467. The molecule has 1 aliphatic carbocycles. The largest absolute Gasteiger partial charge is 0.386 e. The molecule has 0 spiro atoms. The van der Waals surface area contributed by atoms with E-state index < -0.39 is 19.3 Å². The highest BCUT2D eigenvalue weighted by molar-refractivity contribution is 8.71. The van der Waals surface area contributed by atoms with Gasteiger partial charge in [0.1, 0.15) is 11.9 Å². The zero-order chi connectivity index (χ0) is 18.3. The van der Waals surface area contributed by atoms with Gasteiger partial charge in [0.25, 0.3) is 0 Å². The van der Waals surface area contributed by atoms with Crippen LogP contribution < -0.4 is 0 Å². The minimum Gasteiger partial charge on any atom is -0.386 e. The maximum Gasteiger partial charge on any atom is 0.206 e. The van der Waals surface area contributed by atoms with E-state index in [2.05, 4.69) is 10.1 Å². The standard InChI is InChI=1S/C15H17Cl2N3O3S2/c1-25(22,23)24-13-18-10-19-20(13)9-15(21,14(17)6-7-14)8-11-4-2-3-5-12(11)16/h2-5,10,21H,6-9H2,1H3. The molecule has 1 saturated carbocycles. The second-order valence-corrected chi connectivity index (χ2v) is 11.6. The lowest BCUT2D eigenvalue weighted by atomic mass is 9.89. The molecular formula is C15H17Cl2N3O3S2. The van der Waals surface area contributed by atoms with Crippen LogP contribution in [0.1, 0.15) is 18.4 Å². The summed E-state index contributed by atoms with van der Waals surface area (Å²) in [6, 6.07) is 7.25. The van der Waals surface area contributed by atoms with E-state index in [-0.39, 0.29) is 18.1 Å². The highest BCUT2D eigenvalue weighted by Gasteiger charge is 2.58. The third-order valence-corrected chi connectivity index (χ3v) is 7.40. The smallest absolute Gasteiger partial charge is 0.206 e. The minimum absolute atomic E-state index is 0.0274. The van der Waals surface area contributed by atoms with Crippen LogP contribution in [0.4, 0.5) is 0 Å². The molecule has 10 heteroatoms. The number of hydrogen-bond donors (Lipinski definition) is 1. The Hall–Kier alpha value is -0.800. The van der Waals surface area contributed by atoms with Crippen LogP contribution in [0, 0.1) is 0 Å². The van der Waals surface area contributed by atoms with E-state index >= 15 is 0 Å². The van der Waals surface area contributed by atoms with Crippen molar-refractivity contribution in [2.24, 2.45) is 0 Å². The van der Waals surface area contributed by atoms with Crippen molar-refractivity contribution in [2.75, 3.05) is 6.26 Å². The molecule has 0 bridgehead atoms. The summed E-state index contributed by atoms with van der Waals surface area (Å²) in [5, 5.41) is 16.1. The average Bonchev–Trinajstić information content (AvgIpc) is 3.14. The molecule has 0 radical (unpaired) electrons. The molecule has 1 atom stereocenters. The molecule has 136 valence electrons. The zero-order valence-corrected chi connectivity index (χ0v) is 16.5. The number of hydrogen-bond acceptors (Lipinski definition) is 6. The van der Waals surface area contributed by atoms with Gasteiger partial charge in [-0.2, -0.15) is 5.10 Å². The number of halogens is 2. The molecule has 2 aromatic rings. The second kappa shape index (κ2) is 6.74. The van der Waals surface area contributed by atoms with Crippen LogP contribution in [-0.4, -0.2) is 45.0 Å². The van der Waals surface area contributed by atoms with Crippen LogP contribution in [0.15, 0.2) is 35.7 Å². The molecular weight excluding hydrogens is 405 g/mol. The Kier molecular flexibility index (Phi) is 5.11. The van der Waals surface area contributed by atoms with Crippen molar-refractivity contribution < 1.29 is 13.5 Å². The van der Waals surface area contributed by atoms with E-state index in [1.807, 2.05) is 18.2 Å². The molecule has 0 amide bonds. The Morgan fingerprint density at radius 1 is 1.40 bits per heavy atom. The number of aromatic nitrogens is 3. The Bertz CT molecular complexity index is 884. The minimum atomic E-state index is -3.35. The van der Waals surface area contributed by atoms with Crippen LogP contribution in [0.2, 0.25) is 5.02 Å². The normalized spacial score (nSPS) is 18.7. The summed E-state index contributed by atoms with van der Waals surface area (Å²) in [4.78, 5) is 3.18. The molecule has 1 N–H and O–H groups in total. The van der Waals surface area contributed by atoms with Crippen LogP contribution in [0.5, 0.6) is 0 Å². The van der Waals surface area contributed by atoms with Gasteiger partial charge in [-0.1, -0.05) is 29.8 Å². The Morgan fingerprint density at radius 2 is 2.08 bits per heavy atom. The van der Waals surface area contributed by atoms with E-state index in [1.54, 1.807) is 6.07 Å². The van der Waals surface area contributed by atoms with Crippen molar-refractivity contribution in [3.05, 3.63) is 41.2 Å². The molecule has 1 unspecified atom stereocenters. The molecule has 1 aromatic heterocycles. The maximum atomic E-state index is 11.5. The van der Waals surface area contributed by atoms with Gasteiger partial charge in [0.05, 0.1) is 11.4 Å². The summed E-state index contributed by atoms with van der Waals surface area (Å²) >= 11 is 12.8. The zero-order valence-electron chi connectivity index (χ0n) is 13.4. The summed E-state index contributed by atoms with van der Waals surface area (Å²) in [7, 11) is -2.76. The molecule has 3 rings (SSSR count). The van der Waals surface area contributed by atoms with E-state index in [0.717, 1.165) is 11.8 Å². The Labute approximate surface area is 159 Å². The lowest BCUT2D eigenvalue weighted by Gasteiger charge is -2.33. The number of alkyl halides is 1. The van der Waals surface area contributed by atoms with Gasteiger partial charge < -0.3 is 5.11 Å². The van der Waals surface area contributed by atoms with Gasteiger partial charge in [0.15, 0.2) is 0 Å². The maximum absolute atomic E-state index is 11.5. The van der Waals surface area contributed by atoms with E-state index in [1.165, 1.54) is 11.0 Å². The number of rotatable bonds is 7. The lowest BCUT2D eigenvalue weighted by molar-refractivity contribution is 0.00527. The third kappa shape index (κ3) is 4.31. The first-order chi connectivity index (χ1) is 11.6. The first-order valence-electron chi connectivity index (χ1n) is 7.54. The van der Waals surface area contributed by atoms with Crippen molar-refractivity contribution >= 4 is 42.9 Å². The summed E-state index contributed by atoms with van der Waals surface area (Å²) in [6.45, 7) is 0.0274. The summed E-state index contributed by atoms with van der Waals surface area (Å²) in [6.07, 6.45) is 3.92. The molecule has 0 aliphatic heterocycles. The summed E-state index contributed by atoms with van der Waals surface area (Å²) in [5.74, 6) is 0. The van der Waals surface area contributed by atoms with Crippen LogP contribution in [0.3, 0.4) is 0 Å². The van der Waals surface area contributed by atoms with Gasteiger partial charge in [0.2, 0.25) is 14.0 Å². The van der Waals surface area contributed by atoms with E-state index in [4.69, 9.17) is 23.2 Å². The van der Waals surface area contributed by atoms with Gasteiger partial charge in [-0.3, -0.25) is 0 Å². The molecule has 0 saturated heterocycles. The predicted octanol–water partition coefficient (Wildman–Crippen LogP) is 2.73. The summed E-state index contributed by atoms with van der Waals surface area (Å²) < 4.78 is 24.5. The monoisotopic (exact) mass is 421 g/mol. The van der Waals surface area contributed by atoms with Gasteiger partial charge in [-0.25, -0.2) is 18.1 Å². The second-order valence-electron chi connectivity index (χ2n) is 6.25. The SMILES string of the molecule is CS(=O)(=O)Sc1ncnn1CC(O)(Cc1ccccc1Cl)C1(Cl)CC1. The highest BCUT2D eigenvalue weighted by Crippen LogP contribution is 2.53. The van der Waals surface area contributed by atoms with Gasteiger partial charge in [-0.05, 0) is 24.5 Å². The topological polar surface area (TPSA) is 85.1 Å². The van der Waals surface area contributed by atoms with E-state index in [9.17, 15) is 13.5 Å². The van der Waals surface area contributed by atoms with Crippen LogP contribution in [-0.2, 0) is 21.8 Å². The molecule has 1 aromatic carbocycles. The predicted molar refractivity (Wildman–Crippen MR) is 98.6 cm³/mol. The Morgan fingerprint density at radius 3 is 2.68 bits per heavy atom. The molecule has 25 heavy (non-hydrogen) atoms. The quantitative estimate of drug-likeness (QED) is 0.546. The van der Waals surface area contributed by atoms with Gasteiger partial charge in [0, 0.05) is 28.5 Å². The number of aliphatic hydroxyl groups is 1. The van der Waals surface area contributed by atoms with Crippen molar-refractivity contribution in [1.82, 2.24) is 14.8 Å². The van der Waals surface area contributed by atoms with Crippen molar-refractivity contribution in [3.63, 3.8) is 0 Å². The third-order valence-electron chi connectivity index (χ3n) is 4.18. The first-order valence-corrected chi connectivity index (χ1v) is 11.5. The lowest BCUT2D eigenvalue weighted by Crippen LogP contribution is -2.47. The van der Waals surface area contributed by atoms with Crippen LogP contribution >= 0.6 is 34.0 Å². The Balaban J connectivity index is 1.91. The van der Waals surface area contributed by atoms with Crippen molar-refractivity contribution in [1.29, 1.82) is 0 Å². The average molecular weight is 422 g/mol. The fourth-order valence-electron chi connectivity index (χ4n) is 2.70. The molecule has 6 nitrogen and oxygen atoms in total. The van der Waals surface area contributed by atoms with Crippen molar-refractivity contribution in [2.45, 2.75) is 41.4 Å². The number of nitrogens with zero attached hydrogens (tertiary/aromatic N) is 3. The fourth-order valence-corrected chi connectivity index (χ4v) is 4.88. The van der Waals surface area contributed by atoms with Gasteiger partial charge >= 0.3 is 0 Å². The van der Waals surface area contributed by atoms with Crippen molar-refractivity contribution in [3.8, 4) is 0 Å². The van der Waals surface area contributed by atoms with Gasteiger partial charge in [-0.15, -0.1) is 11.6 Å². The van der Waals surface area contributed by atoms with E-state index in [0.29, 0.717) is 28.7 Å². The molecule has 1 aliphatic rings. The molecule has 1 heterocycles. The van der Waals surface area contributed by atoms with Crippen LogP contribution in [0.25, 0.3) is 0 Å². The molecule has 1 fully saturated rings.